The number of rotatable bonds is 24. The molecule has 0 saturated heterocycles. The van der Waals surface area contributed by atoms with Gasteiger partial charge in [-0.3, -0.25) is 0 Å². The maximum atomic E-state index is 5.54. The van der Waals surface area contributed by atoms with Crippen LogP contribution in [0.15, 0.2) is 402 Å². The maximum Gasteiger partial charge on any atom is 0.0963 e. The summed E-state index contributed by atoms with van der Waals surface area (Å²) in [5, 5.41) is 0. The minimum Gasteiger partial charge on any atom is -0.326 e. The molecule has 6 heterocycles. The van der Waals surface area contributed by atoms with E-state index in [-0.39, 0.29) is 0 Å². The van der Waals surface area contributed by atoms with E-state index in [1.807, 2.05) is 0 Å². The van der Waals surface area contributed by atoms with Gasteiger partial charge < -0.3 is 27.4 Å². The van der Waals surface area contributed by atoms with Crippen LogP contribution >= 0.6 is 0 Å². The first-order valence-electron chi connectivity index (χ1n) is 38.7. The zero-order valence-corrected chi connectivity index (χ0v) is 62.7. The van der Waals surface area contributed by atoms with Gasteiger partial charge in [0.05, 0.1) is 106 Å². The molecule has 0 fully saturated rings. The van der Waals surface area contributed by atoms with E-state index in [1.165, 1.54) is 0 Å². The van der Waals surface area contributed by atoms with E-state index in [9.17, 15) is 0 Å². The molecule has 546 valence electrons. The molecule has 19 aromatic rings. The minimum absolute atomic E-state index is 0.366. The molecule has 0 aliphatic rings. The van der Waals surface area contributed by atoms with Crippen LogP contribution in [0.25, 0.3) is 135 Å². The topological polar surface area (TPSA) is 107 Å². The molecule has 13 aromatic carbocycles. The third-order valence-corrected chi connectivity index (χ3v) is 21.7. The summed E-state index contributed by atoms with van der Waals surface area (Å²) >= 11 is 0. The number of hydrogen-bond acceptors (Lipinski definition) is 6. The lowest BCUT2D eigenvalue weighted by atomic mass is 9.84. The molecule has 6 aromatic heterocycles. The van der Waals surface area contributed by atoms with Gasteiger partial charge in [-0.2, -0.15) is 0 Å². The van der Waals surface area contributed by atoms with E-state index in [1.54, 1.807) is 0 Å². The van der Waals surface area contributed by atoms with Crippen LogP contribution in [-0.2, 0) is 39.3 Å². The van der Waals surface area contributed by atoms with Crippen LogP contribution in [0.4, 0.5) is 0 Å². The Hall–Kier alpha value is -14.9. The standard InChI is InChI=1S/C102H78N12/c1-13-37-73(38-14-1)91-97(79-49-25-7-26-50-79)109(67-103-91)61-85-86(62-110-68-104-92(74-39-15-2-16-40-74)98(110)80-51-27-8-28-52-80)88(64-112-70-106-94(76-43-19-4-20-44-76)100(112)82-55-31-10-32-56-82)90(66-114-72-108-96(78-47-23-6-24-48-78)102(114)84-59-35-12-36-60-84)89(65-113-71-107-95(77-45-21-5-22-46-77)101(113)83-57-33-11-34-58-83)87(85)63-111-69-105-93(75-41-17-3-18-42-75)99(111)81-53-29-9-30-54-81/h1-60,67-72H,61-66H2. The molecule has 12 heteroatoms. The molecule has 0 radical (unpaired) electrons. The van der Waals surface area contributed by atoms with Gasteiger partial charge in [0.2, 0.25) is 0 Å². The fraction of sp³-hybridized carbons (Fsp3) is 0.0588. The highest BCUT2D eigenvalue weighted by molar-refractivity contribution is 5.85. The van der Waals surface area contributed by atoms with Crippen LogP contribution in [0.3, 0.4) is 0 Å². The van der Waals surface area contributed by atoms with Gasteiger partial charge in [0.25, 0.3) is 0 Å². The second-order valence-electron chi connectivity index (χ2n) is 28.7. The van der Waals surface area contributed by atoms with Gasteiger partial charge in [0.1, 0.15) is 0 Å². The van der Waals surface area contributed by atoms with Gasteiger partial charge in [-0.1, -0.05) is 364 Å². The molecular weight excluding hydrogens is 1390 g/mol. The Labute approximate surface area is 662 Å². The Bertz CT molecular complexity index is 5410. The van der Waals surface area contributed by atoms with Crippen LogP contribution in [0.5, 0.6) is 0 Å². The van der Waals surface area contributed by atoms with E-state index in [2.05, 4.69) is 429 Å². The fourth-order valence-corrected chi connectivity index (χ4v) is 16.5. The van der Waals surface area contributed by atoms with Crippen molar-refractivity contribution in [2.75, 3.05) is 0 Å². The molecule has 0 amide bonds. The molecule has 19 rings (SSSR count). The van der Waals surface area contributed by atoms with Crippen molar-refractivity contribution in [1.82, 2.24) is 57.3 Å². The third kappa shape index (κ3) is 13.8. The van der Waals surface area contributed by atoms with Gasteiger partial charge in [-0.15, -0.1) is 0 Å². The predicted molar refractivity (Wildman–Crippen MR) is 460 cm³/mol. The third-order valence-electron chi connectivity index (χ3n) is 21.7. The van der Waals surface area contributed by atoms with Gasteiger partial charge in [0.15, 0.2) is 0 Å². The highest BCUT2D eigenvalue weighted by Gasteiger charge is 2.32. The summed E-state index contributed by atoms with van der Waals surface area (Å²) in [6.07, 6.45) is 12.4. The van der Waals surface area contributed by atoms with E-state index in [4.69, 9.17) is 29.9 Å². The SMILES string of the molecule is c1ccc(-c2ncn(Cc3c(Cn4cnc(-c5ccccc5)c4-c4ccccc4)c(Cn4cnc(-c5ccccc5)c4-c4ccccc4)c(Cn4cnc(-c5ccccc5)c4-c4ccccc4)c(Cn4cnc(-c5ccccc5)c4-c4ccccc4)c3Cn3cnc(-c4ccccc4)c3-c3ccccc3)c2-c2ccccc2)cc1. The minimum atomic E-state index is 0.366. The lowest BCUT2D eigenvalue weighted by molar-refractivity contribution is 0.667. The molecule has 0 unspecified atom stereocenters. The first-order chi connectivity index (χ1) is 56.6. The lowest BCUT2D eigenvalue weighted by Crippen LogP contribution is -2.23. The second kappa shape index (κ2) is 31.6. The monoisotopic (exact) mass is 1470 g/mol. The van der Waals surface area contributed by atoms with Gasteiger partial charge in [-0.05, 0) is 33.4 Å². The molecule has 114 heavy (non-hydrogen) atoms. The van der Waals surface area contributed by atoms with Crippen LogP contribution in [-0.4, -0.2) is 57.3 Å². The van der Waals surface area contributed by atoms with Crippen molar-refractivity contribution in [3.63, 3.8) is 0 Å². The fourth-order valence-electron chi connectivity index (χ4n) is 16.5. The van der Waals surface area contributed by atoms with Gasteiger partial charge in [0, 0.05) is 106 Å². The van der Waals surface area contributed by atoms with Crippen molar-refractivity contribution >= 4 is 0 Å². The first kappa shape index (κ1) is 69.6. The van der Waals surface area contributed by atoms with Crippen LogP contribution < -0.4 is 0 Å². The average molecular weight is 1470 g/mol. The Morgan fingerprint density at radius 3 is 0.351 bits per heavy atom. The molecule has 0 aliphatic carbocycles. The summed E-state index contributed by atoms with van der Waals surface area (Å²) in [5.41, 5.74) is 30.2. The first-order valence-corrected chi connectivity index (χ1v) is 38.7. The molecule has 0 bridgehead atoms. The van der Waals surface area contributed by atoms with E-state index < -0.39 is 0 Å². The van der Waals surface area contributed by atoms with Gasteiger partial charge >= 0.3 is 0 Å². The summed E-state index contributed by atoms with van der Waals surface area (Å²) in [4.78, 5) is 33.2. The number of imidazole rings is 6. The van der Waals surface area contributed by atoms with Crippen molar-refractivity contribution in [3.8, 4) is 135 Å². The molecule has 0 saturated carbocycles. The predicted octanol–water partition coefficient (Wildman–Crippen LogP) is 23.2. The van der Waals surface area contributed by atoms with Crippen molar-refractivity contribution < 1.29 is 0 Å². The zero-order valence-electron chi connectivity index (χ0n) is 62.7. The van der Waals surface area contributed by atoms with Crippen molar-refractivity contribution in [1.29, 1.82) is 0 Å². The normalized spacial score (nSPS) is 11.4. The highest BCUT2D eigenvalue weighted by atomic mass is 15.1. The van der Waals surface area contributed by atoms with E-state index >= 15 is 0 Å². The van der Waals surface area contributed by atoms with Crippen LogP contribution in [0, 0.1) is 0 Å². The summed E-state index contributed by atoms with van der Waals surface area (Å²) in [6.45, 7) is 2.20. The molecule has 0 atom stereocenters. The number of hydrogen-bond donors (Lipinski definition) is 0. The molecule has 0 spiro atoms. The summed E-state index contributed by atoms with van der Waals surface area (Å²) in [6, 6.07) is 129. The number of benzene rings is 13. The largest absolute Gasteiger partial charge is 0.326 e. The quantitative estimate of drug-likeness (QED) is 0.0596. The summed E-state index contributed by atoms with van der Waals surface area (Å²) in [7, 11) is 0. The Morgan fingerprint density at radius 2 is 0.237 bits per heavy atom. The van der Waals surface area contributed by atoms with Crippen molar-refractivity contribution in [2.24, 2.45) is 0 Å². The number of nitrogens with zero attached hydrogens (tertiary/aromatic N) is 12. The van der Waals surface area contributed by atoms with Gasteiger partial charge in [-0.25, -0.2) is 29.9 Å². The summed E-state index contributed by atoms with van der Waals surface area (Å²) in [5.74, 6) is 0. The van der Waals surface area contributed by atoms with Crippen LogP contribution in [0.2, 0.25) is 0 Å². The molecule has 12 nitrogen and oxygen atoms in total. The van der Waals surface area contributed by atoms with E-state index in [0.717, 1.165) is 168 Å². The smallest absolute Gasteiger partial charge is 0.0963 e. The molecule has 0 aliphatic heterocycles. The van der Waals surface area contributed by atoms with Crippen LogP contribution in [0.1, 0.15) is 33.4 Å². The second-order valence-corrected chi connectivity index (χ2v) is 28.7. The Morgan fingerprint density at radius 1 is 0.132 bits per heavy atom. The molecular formula is C102H78N12. The Balaban J connectivity index is 1.00. The van der Waals surface area contributed by atoms with Crippen molar-refractivity contribution in [3.05, 3.63) is 435 Å². The number of aromatic nitrogens is 12. The maximum absolute atomic E-state index is 5.54. The highest BCUT2D eigenvalue weighted by Crippen LogP contribution is 2.44. The van der Waals surface area contributed by atoms with Crippen molar-refractivity contribution in [2.45, 2.75) is 39.3 Å². The molecule has 0 N–H and O–H groups in total. The average Bonchev–Trinajstić information content (AvgIpc) is 1.35. The zero-order chi connectivity index (χ0) is 75.9. The Kier molecular flexibility index (Phi) is 19.3. The van der Waals surface area contributed by atoms with E-state index in [0.29, 0.717) is 39.3 Å². The summed E-state index contributed by atoms with van der Waals surface area (Å²) < 4.78 is 14.5. The lowest BCUT2D eigenvalue weighted by Gasteiger charge is -2.30.